The minimum absolute atomic E-state index is 0.0519. The maximum atomic E-state index is 12.8. The molecular formula is C23H22N4O6. The number of likely N-dealkylation sites (tertiary alicyclic amines) is 1. The number of aryl methyl sites for hydroxylation is 1. The Hall–Kier alpha value is -4.08. The van der Waals surface area contributed by atoms with Crippen LogP contribution in [0.2, 0.25) is 0 Å². The number of amides is 4. The van der Waals surface area contributed by atoms with Crippen LogP contribution in [0.1, 0.15) is 49.5 Å². The quantitative estimate of drug-likeness (QED) is 0.421. The van der Waals surface area contributed by atoms with Gasteiger partial charge in [0.1, 0.15) is 6.54 Å². The molecule has 2 aromatic rings. The van der Waals surface area contributed by atoms with Gasteiger partial charge in [-0.05, 0) is 37.5 Å². The molecule has 4 rings (SSSR count). The average molecular weight is 450 g/mol. The first-order chi connectivity index (χ1) is 15.8. The number of rotatable bonds is 5. The third-order valence-electron chi connectivity index (χ3n) is 6.03. The first kappa shape index (κ1) is 22.1. The number of nitro groups is 1. The number of nitro benzene ring substituents is 1. The number of piperidine rings is 1. The maximum Gasteiger partial charge on any atom is 0.270 e. The van der Waals surface area contributed by atoms with Crippen molar-refractivity contribution in [1.82, 2.24) is 15.1 Å². The van der Waals surface area contributed by atoms with Gasteiger partial charge in [0.25, 0.3) is 23.4 Å². The highest BCUT2D eigenvalue weighted by molar-refractivity contribution is 6.22. The molecule has 1 fully saturated rings. The normalized spacial score (nSPS) is 16.0. The summed E-state index contributed by atoms with van der Waals surface area (Å²) < 4.78 is 0. The first-order valence-corrected chi connectivity index (χ1v) is 10.5. The van der Waals surface area contributed by atoms with E-state index in [2.05, 4.69) is 5.32 Å². The van der Waals surface area contributed by atoms with E-state index >= 15 is 0 Å². The van der Waals surface area contributed by atoms with Crippen molar-refractivity contribution in [2.75, 3.05) is 19.6 Å². The Morgan fingerprint density at radius 1 is 1.06 bits per heavy atom. The highest BCUT2D eigenvalue weighted by Gasteiger charge is 2.39. The number of imide groups is 1. The second-order valence-electron chi connectivity index (χ2n) is 8.13. The van der Waals surface area contributed by atoms with Gasteiger partial charge in [0.2, 0.25) is 5.91 Å². The fraction of sp³-hybridized carbons (Fsp3) is 0.304. The number of benzene rings is 2. The van der Waals surface area contributed by atoms with Crippen molar-refractivity contribution in [3.63, 3.8) is 0 Å². The molecule has 2 aromatic carbocycles. The molecule has 0 spiro atoms. The lowest BCUT2D eigenvalue weighted by molar-refractivity contribution is -0.384. The standard InChI is InChI=1S/C23H22N4O6/c1-14-4-2-3-5-17(14)21(29)24-15-8-10-25(11-9-15)20(28)13-26-22(30)18-7-6-16(27(32)33)12-19(18)23(26)31/h2-7,12,15H,8-11,13H2,1H3,(H,24,29). The summed E-state index contributed by atoms with van der Waals surface area (Å²) in [4.78, 5) is 63.1. The van der Waals surface area contributed by atoms with E-state index in [-0.39, 0.29) is 34.7 Å². The minimum Gasteiger partial charge on any atom is -0.349 e. The molecular weight excluding hydrogens is 428 g/mol. The summed E-state index contributed by atoms with van der Waals surface area (Å²) in [6, 6.07) is 10.7. The van der Waals surface area contributed by atoms with Gasteiger partial charge in [-0.15, -0.1) is 0 Å². The van der Waals surface area contributed by atoms with Gasteiger partial charge in [-0.1, -0.05) is 18.2 Å². The van der Waals surface area contributed by atoms with E-state index in [9.17, 15) is 29.3 Å². The molecule has 10 heteroatoms. The maximum absolute atomic E-state index is 12.8. The van der Waals surface area contributed by atoms with Crippen LogP contribution in [0, 0.1) is 17.0 Å². The van der Waals surface area contributed by atoms with Crippen LogP contribution in [0.4, 0.5) is 5.69 Å². The first-order valence-electron chi connectivity index (χ1n) is 10.5. The van der Waals surface area contributed by atoms with E-state index in [1.807, 2.05) is 19.1 Å². The van der Waals surface area contributed by atoms with E-state index in [0.29, 0.717) is 31.5 Å². The van der Waals surface area contributed by atoms with Gasteiger partial charge in [-0.25, -0.2) is 0 Å². The second kappa shape index (κ2) is 8.81. The van der Waals surface area contributed by atoms with Crippen molar-refractivity contribution in [2.24, 2.45) is 0 Å². The number of hydrogen-bond acceptors (Lipinski definition) is 6. The zero-order valence-electron chi connectivity index (χ0n) is 17.9. The number of non-ortho nitro benzene ring substituents is 1. The van der Waals surface area contributed by atoms with Crippen LogP contribution in [0.3, 0.4) is 0 Å². The Morgan fingerprint density at radius 3 is 2.39 bits per heavy atom. The molecule has 0 unspecified atom stereocenters. The van der Waals surface area contributed by atoms with Gasteiger partial charge in [-0.3, -0.25) is 34.2 Å². The minimum atomic E-state index is -0.715. The van der Waals surface area contributed by atoms with Gasteiger partial charge >= 0.3 is 0 Å². The fourth-order valence-electron chi connectivity index (χ4n) is 4.14. The highest BCUT2D eigenvalue weighted by Crippen LogP contribution is 2.27. The van der Waals surface area contributed by atoms with Crippen molar-refractivity contribution in [1.29, 1.82) is 0 Å². The van der Waals surface area contributed by atoms with Gasteiger partial charge in [0, 0.05) is 36.8 Å². The SMILES string of the molecule is Cc1ccccc1C(=O)NC1CCN(C(=O)CN2C(=O)c3ccc([N+](=O)[O-])cc3C2=O)CC1. The molecule has 0 atom stereocenters. The van der Waals surface area contributed by atoms with Crippen molar-refractivity contribution >= 4 is 29.3 Å². The lowest BCUT2D eigenvalue weighted by atomic mass is 10.0. The number of hydrogen-bond donors (Lipinski definition) is 1. The summed E-state index contributed by atoms with van der Waals surface area (Å²) in [5.74, 6) is -1.90. The third-order valence-corrected chi connectivity index (χ3v) is 6.03. The lowest BCUT2D eigenvalue weighted by Gasteiger charge is -2.33. The Labute approximate surface area is 189 Å². The van der Waals surface area contributed by atoms with Crippen LogP contribution in [-0.4, -0.2) is 64.0 Å². The van der Waals surface area contributed by atoms with Gasteiger partial charge in [-0.2, -0.15) is 0 Å². The smallest absolute Gasteiger partial charge is 0.270 e. The van der Waals surface area contributed by atoms with Crippen molar-refractivity contribution < 1.29 is 24.1 Å². The Kier molecular flexibility index (Phi) is 5.91. The molecule has 0 radical (unpaired) electrons. The predicted octanol–water partition coefficient (Wildman–Crippen LogP) is 1.92. The summed E-state index contributed by atoms with van der Waals surface area (Å²) in [6.07, 6.45) is 1.11. The van der Waals surface area contributed by atoms with Crippen molar-refractivity contribution in [3.8, 4) is 0 Å². The lowest BCUT2D eigenvalue weighted by Crippen LogP contribution is -2.49. The van der Waals surface area contributed by atoms with Gasteiger partial charge < -0.3 is 10.2 Å². The zero-order valence-corrected chi connectivity index (χ0v) is 17.9. The zero-order chi connectivity index (χ0) is 23.7. The van der Waals surface area contributed by atoms with Gasteiger partial charge in [0.15, 0.2) is 0 Å². The molecule has 0 aromatic heterocycles. The Bertz CT molecular complexity index is 1170. The monoisotopic (exact) mass is 450 g/mol. The van der Waals surface area contributed by atoms with Crippen LogP contribution in [0.15, 0.2) is 42.5 Å². The summed E-state index contributed by atoms with van der Waals surface area (Å²) in [6.45, 7) is 2.20. The number of carbonyl (C=O) groups excluding carboxylic acids is 4. The van der Waals surface area contributed by atoms with E-state index < -0.39 is 23.3 Å². The topological polar surface area (TPSA) is 130 Å². The number of fused-ring (bicyclic) bond motifs is 1. The molecule has 33 heavy (non-hydrogen) atoms. The number of carbonyl (C=O) groups is 4. The Balaban J connectivity index is 1.33. The molecule has 2 heterocycles. The van der Waals surface area contributed by atoms with Crippen molar-refractivity contribution in [3.05, 3.63) is 74.8 Å². The fourth-order valence-corrected chi connectivity index (χ4v) is 4.14. The third kappa shape index (κ3) is 4.32. The van der Waals surface area contributed by atoms with Crippen LogP contribution in [-0.2, 0) is 4.79 Å². The highest BCUT2D eigenvalue weighted by atomic mass is 16.6. The van der Waals surface area contributed by atoms with Crippen LogP contribution >= 0.6 is 0 Å². The molecule has 1 N–H and O–H groups in total. The predicted molar refractivity (Wildman–Crippen MR) is 117 cm³/mol. The average Bonchev–Trinajstić information content (AvgIpc) is 3.04. The molecule has 0 bridgehead atoms. The largest absolute Gasteiger partial charge is 0.349 e. The molecule has 2 aliphatic rings. The molecule has 170 valence electrons. The van der Waals surface area contributed by atoms with Crippen molar-refractivity contribution in [2.45, 2.75) is 25.8 Å². The number of nitrogens with zero attached hydrogens (tertiary/aromatic N) is 3. The Morgan fingerprint density at radius 2 is 1.73 bits per heavy atom. The van der Waals surface area contributed by atoms with E-state index in [4.69, 9.17) is 0 Å². The van der Waals surface area contributed by atoms with Gasteiger partial charge in [0.05, 0.1) is 16.1 Å². The molecule has 1 saturated heterocycles. The molecule has 2 aliphatic heterocycles. The summed E-state index contributed by atoms with van der Waals surface area (Å²) in [7, 11) is 0. The summed E-state index contributed by atoms with van der Waals surface area (Å²) in [5, 5.41) is 14.0. The molecule has 0 aliphatic carbocycles. The van der Waals surface area contributed by atoms with E-state index in [0.717, 1.165) is 22.6 Å². The van der Waals surface area contributed by atoms with Crippen LogP contribution in [0.5, 0.6) is 0 Å². The van der Waals surface area contributed by atoms with Crippen LogP contribution < -0.4 is 5.32 Å². The van der Waals surface area contributed by atoms with Crippen LogP contribution in [0.25, 0.3) is 0 Å². The molecule has 4 amide bonds. The molecule has 0 saturated carbocycles. The van der Waals surface area contributed by atoms with E-state index in [1.165, 1.54) is 6.07 Å². The summed E-state index contributed by atoms with van der Waals surface area (Å²) in [5.41, 5.74) is 1.18. The number of nitrogens with one attached hydrogen (secondary N) is 1. The second-order valence-corrected chi connectivity index (χ2v) is 8.13. The van der Waals surface area contributed by atoms with E-state index in [1.54, 1.807) is 17.0 Å². The summed E-state index contributed by atoms with van der Waals surface area (Å²) >= 11 is 0. The molecule has 10 nitrogen and oxygen atoms in total.